The van der Waals surface area contributed by atoms with Gasteiger partial charge >= 0.3 is 0 Å². The average molecular weight is 892 g/mol. The Balaban J connectivity index is 0.882. The standard InChI is InChI=1S/C67H41NS/c1-2-15-51-49(13-1)50-14-3-4-16-52(50)58-40-47(34-36-53(51)58)68(46-32-29-43(30-33-46)42-25-27-44(28-26-42)45-31-38-66-60(39-45)57-20-8-12-24-65(57)69-66)48-35-37-64-59(41-48)56-19-7-11-23-63(56)67(64)61-21-9-5-17-54(61)55-18-6-10-22-62(55)67/h1-41H. The van der Waals surface area contributed by atoms with Crippen LogP contribution in [0, 0.1) is 0 Å². The molecule has 0 bridgehead atoms. The summed E-state index contributed by atoms with van der Waals surface area (Å²) < 4.78 is 2.66. The van der Waals surface area contributed by atoms with Gasteiger partial charge in [-0.1, -0.05) is 194 Å². The first-order valence-electron chi connectivity index (χ1n) is 23.9. The number of thiophene rings is 1. The fourth-order valence-electron chi connectivity index (χ4n) is 12.3. The van der Waals surface area contributed by atoms with Crippen LogP contribution in [0.2, 0.25) is 0 Å². The van der Waals surface area contributed by atoms with Crippen LogP contribution in [0.4, 0.5) is 17.1 Å². The summed E-state index contributed by atoms with van der Waals surface area (Å²) in [6.07, 6.45) is 0. The fourth-order valence-corrected chi connectivity index (χ4v) is 13.4. The van der Waals surface area contributed by atoms with E-state index in [0.29, 0.717) is 0 Å². The highest BCUT2D eigenvalue weighted by atomic mass is 32.1. The third-order valence-corrected chi connectivity index (χ3v) is 16.4. The van der Waals surface area contributed by atoms with Crippen LogP contribution in [-0.4, -0.2) is 0 Å². The predicted molar refractivity (Wildman–Crippen MR) is 294 cm³/mol. The van der Waals surface area contributed by atoms with Gasteiger partial charge in [0.1, 0.15) is 0 Å². The lowest BCUT2D eigenvalue weighted by Gasteiger charge is -2.31. The highest BCUT2D eigenvalue weighted by Crippen LogP contribution is 2.63. The number of fused-ring (bicyclic) bond motifs is 19. The Morgan fingerprint density at radius 3 is 1.28 bits per heavy atom. The molecule has 1 nitrogen and oxygen atoms in total. The summed E-state index contributed by atoms with van der Waals surface area (Å²) in [5.41, 5.74) is 18.4. The van der Waals surface area contributed by atoms with E-state index in [-0.39, 0.29) is 0 Å². The number of rotatable bonds is 5. The maximum atomic E-state index is 2.46. The van der Waals surface area contributed by atoms with Crippen LogP contribution in [0.15, 0.2) is 249 Å². The number of benzene rings is 12. The topological polar surface area (TPSA) is 3.24 Å². The van der Waals surface area contributed by atoms with Crippen molar-refractivity contribution in [2.75, 3.05) is 4.90 Å². The van der Waals surface area contributed by atoms with Gasteiger partial charge in [0.2, 0.25) is 0 Å². The van der Waals surface area contributed by atoms with E-state index in [2.05, 4.69) is 254 Å². The maximum absolute atomic E-state index is 2.46. The zero-order chi connectivity index (χ0) is 45.2. The third-order valence-electron chi connectivity index (χ3n) is 15.3. The van der Waals surface area contributed by atoms with E-state index in [1.807, 2.05) is 11.3 Å². The van der Waals surface area contributed by atoms with Gasteiger partial charge in [0.05, 0.1) is 5.41 Å². The highest BCUT2D eigenvalue weighted by Gasteiger charge is 2.51. The van der Waals surface area contributed by atoms with E-state index in [0.717, 1.165) is 17.1 Å². The molecule has 2 heteroatoms. The van der Waals surface area contributed by atoms with Crippen LogP contribution in [-0.2, 0) is 5.41 Å². The molecule has 320 valence electrons. The molecule has 15 rings (SSSR count). The minimum absolute atomic E-state index is 0.395. The van der Waals surface area contributed by atoms with Gasteiger partial charge in [-0.25, -0.2) is 0 Å². The molecule has 2 aliphatic carbocycles. The van der Waals surface area contributed by atoms with Gasteiger partial charge in [-0.3, -0.25) is 0 Å². The summed E-state index contributed by atoms with van der Waals surface area (Å²) in [6.45, 7) is 0. The lowest BCUT2D eigenvalue weighted by molar-refractivity contribution is 0.794. The van der Waals surface area contributed by atoms with Crippen molar-refractivity contribution in [2.24, 2.45) is 0 Å². The van der Waals surface area contributed by atoms with Crippen molar-refractivity contribution in [1.29, 1.82) is 0 Å². The zero-order valence-corrected chi connectivity index (χ0v) is 38.3. The van der Waals surface area contributed by atoms with Gasteiger partial charge in [-0.05, 0) is 154 Å². The first kappa shape index (κ1) is 38.5. The minimum atomic E-state index is -0.395. The normalized spacial score (nSPS) is 13.0. The van der Waals surface area contributed by atoms with Crippen LogP contribution in [0.5, 0.6) is 0 Å². The molecule has 0 amide bonds. The van der Waals surface area contributed by atoms with E-state index >= 15 is 0 Å². The quantitative estimate of drug-likeness (QED) is 0.156. The lowest BCUT2D eigenvalue weighted by Crippen LogP contribution is -2.25. The molecule has 12 aromatic carbocycles. The molecule has 0 aliphatic heterocycles. The smallest absolute Gasteiger partial charge is 0.0725 e. The highest BCUT2D eigenvalue weighted by molar-refractivity contribution is 7.25. The van der Waals surface area contributed by atoms with Gasteiger partial charge in [0, 0.05) is 37.2 Å². The van der Waals surface area contributed by atoms with Gasteiger partial charge in [0.15, 0.2) is 0 Å². The van der Waals surface area contributed by atoms with Gasteiger partial charge in [0.25, 0.3) is 0 Å². The lowest BCUT2D eigenvalue weighted by atomic mass is 9.70. The number of hydrogen-bond donors (Lipinski definition) is 0. The molecule has 0 saturated heterocycles. The Morgan fingerprint density at radius 1 is 0.246 bits per heavy atom. The molecule has 0 atom stereocenters. The summed E-state index contributed by atoms with van der Waals surface area (Å²) in [7, 11) is 0. The largest absolute Gasteiger partial charge is 0.310 e. The third kappa shape index (κ3) is 5.52. The number of nitrogens with zero attached hydrogens (tertiary/aromatic N) is 1. The van der Waals surface area contributed by atoms with Crippen LogP contribution < -0.4 is 4.90 Å². The van der Waals surface area contributed by atoms with Crippen molar-refractivity contribution < 1.29 is 0 Å². The van der Waals surface area contributed by atoms with Crippen molar-refractivity contribution >= 4 is 80.9 Å². The van der Waals surface area contributed by atoms with E-state index in [1.165, 1.54) is 119 Å². The Kier molecular flexibility index (Phi) is 8.22. The summed E-state index contributed by atoms with van der Waals surface area (Å²) in [5, 5.41) is 10.3. The Morgan fingerprint density at radius 2 is 0.652 bits per heavy atom. The second-order valence-corrected chi connectivity index (χ2v) is 19.8. The Bertz CT molecular complexity index is 4170. The second kappa shape index (κ2) is 14.7. The number of anilines is 3. The molecular weight excluding hydrogens is 851 g/mol. The first-order chi connectivity index (χ1) is 34.2. The predicted octanol–water partition coefficient (Wildman–Crippen LogP) is 18.7. The minimum Gasteiger partial charge on any atom is -0.310 e. The first-order valence-corrected chi connectivity index (χ1v) is 24.7. The van der Waals surface area contributed by atoms with Crippen LogP contribution in [0.1, 0.15) is 22.3 Å². The van der Waals surface area contributed by atoms with Crippen molar-refractivity contribution in [1.82, 2.24) is 0 Å². The molecule has 0 fully saturated rings. The van der Waals surface area contributed by atoms with Crippen LogP contribution in [0.3, 0.4) is 0 Å². The van der Waals surface area contributed by atoms with Crippen LogP contribution in [0.25, 0.3) is 97.0 Å². The van der Waals surface area contributed by atoms with Crippen molar-refractivity contribution in [3.05, 3.63) is 271 Å². The SMILES string of the molecule is c1ccc2c(c1)-c1ccccc1C21c2ccccc2-c2cc(N(c3ccc(-c4ccc(-c5ccc6sc7ccccc7c6c5)cc4)cc3)c3ccc4c5ccccc5c5ccccc5c4c3)ccc21. The molecule has 69 heavy (non-hydrogen) atoms. The molecule has 2 aliphatic rings. The fraction of sp³-hybridized carbons (Fsp3) is 0.0149. The molecule has 0 N–H and O–H groups in total. The molecule has 13 aromatic rings. The molecule has 1 spiro atoms. The Labute approximate surface area is 404 Å². The molecule has 0 saturated carbocycles. The van der Waals surface area contributed by atoms with Gasteiger partial charge in [-0.2, -0.15) is 0 Å². The van der Waals surface area contributed by atoms with Crippen LogP contribution >= 0.6 is 11.3 Å². The summed E-state index contributed by atoms with van der Waals surface area (Å²) in [6, 6.07) is 93.1. The maximum Gasteiger partial charge on any atom is 0.0725 e. The molecular formula is C67H41NS. The summed E-state index contributed by atoms with van der Waals surface area (Å²) in [5.74, 6) is 0. The molecule has 0 radical (unpaired) electrons. The van der Waals surface area contributed by atoms with Crippen molar-refractivity contribution in [3.63, 3.8) is 0 Å². The molecule has 0 unspecified atom stereocenters. The number of hydrogen-bond acceptors (Lipinski definition) is 2. The Hall–Kier alpha value is -8.56. The molecule has 1 aromatic heterocycles. The monoisotopic (exact) mass is 891 g/mol. The average Bonchev–Trinajstić information content (AvgIpc) is 4.05. The van der Waals surface area contributed by atoms with Crippen molar-refractivity contribution in [2.45, 2.75) is 5.41 Å². The summed E-state index contributed by atoms with van der Waals surface area (Å²) >= 11 is 1.86. The van der Waals surface area contributed by atoms with E-state index in [4.69, 9.17) is 0 Å². The summed E-state index contributed by atoms with van der Waals surface area (Å²) in [4.78, 5) is 2.46. The molecule has 1 heterocycles. The second-order valence-electron chi connectivity index (χ2n) is 18.7. The van der Waals surface area contributed by atoms with E-state index in [1.54, 1.807) is 0 Å². The van der Waals surface area contributed by atoms with E-state index < -0.39 is 5.41 Å². The zero-order valence-electron chi connectivity index (χ0n) is 37.5. The van der Waals surface area contributed by atoms with E-state index in [9.17, 15) is 0 Å². The van der Waals surface area contributed by atoms with Crippen molar-refractivity contribution in [3.8, 4) is 44.5 Å². The van der Waals surface area contributed by atoms with Gasteiger partial charge < -0.3 is 4.90 Å². The van der Waals surface area contributed by atoms with Gasteiger partial charge in [-0.15, -0.1) is 11.3 Å².